The first-order valence-corrected chi connectivity index (χ1v) is 15.1. The summed E-state index contributed by atoms with van der Waals surface area (Å²) < 4.78 is 64.7. The second kappa shape index (κ2) is 9.12. The average Bonchev–Trinajstić information content (AvgIpc) is 3.31. The second-order valence-electron chi connectivity index (χ2n) is 12.0. The molecule has 3 aliphatic rings. The Balaban J connectivity index is 1.43. The monoisotopic (exact) mass is 573 g/mol. The number of amides is 1. The fourth-order valence-electron chi connectivity index (χ4n) is 6.54. The Hall–Kier alpha value is -3.28. The van der Waals surface area contributed by atoms with Gasteiger partial charge in [-0.25, -0.2) is 35.9 Å². The molecule has 40 heavy (non-hydrogen) atoms. The lowest BCUT2D eigenvalue weighted by Crippen LogP contribution is -2.47. The molecule has 1 saturated heterocycles. The Labute approximate surface area is 232 Å². The molecule has 2 saturated carbocycles. The van der Waals surface area contributed by atoms with Crippen molar-refractivity contribution in [2.75, 3.05) is 18.4 Å². The molecule has 3 fully saturated rings. The van der Waals surface area contributed by atoms with Crippen molar-refractivity contribution in [3.05, 3.63) is 48.4 Å². The minimum absolute atomic E-state index is 0.0369. The zero-order chi connectivity index (χ0) is 28.5. The molecule has 1 aliphatic heterocycles. The molecule has 3 aromatic rings. The van der Waals surface area contributed by atoms with E-state index in [1.807, 2.05) is 0 Å². The highest BCUT2D eigenvalue weighted by Crippen LogP contribution is 2.75. The average molecular weight is 574 g/mol. The van der Waals surface area contributed by atoms with Crippen molar-refractivity contribution in [1.29, 1.82) is 0 Å². The van der Waals surface area contributed by atoms with Crippen LogP contribution in [-0.2, 0) is 20.2 Å². The molecule has 0 radical (unpaired) electrons. The van der Waals surface area contributed by atoms with Crippen molar-refractivity contribution < 1.29 is 26.7 Å². The van der Waals surface area contributed by atoms with Crippen LogP contribution in [0.25, 0.3) is 11.0 Å². The highest BCUT2D eigenvalue weighted by molar-refractivity contribution is 7.90. The number of nitrogens with zero attached hydrogens (tertiary/aromatic N) is 4. The van der Waals surface area contributed by atoms with Gasteiger partial charge in [0.05, 0.1) is 15.7 Å². The maximum atomic E-state index is 15.3. The topological polar surface area (TPSA) is 106 Å². The lowest BCUT2D eigenvalue weighted by Gasteiger charge is -2.34. The number of hydrogen-bond acceptors (Lipinski definition) is 7. The quantitative estimate of drug-likeness (QED) is 0.449. The van der Waals surface area contributed by atoms with E-state index in [0.717, 1.165) is 3.97 Å². The number of anilines is 1. The predicted octanol–water partition coefficient (Wildman–Crippen LogP) is 5.17. The molecular formula is C28H33F2N5O4S. The number of likely N-dealkylation sites (tertiary alicyclic amines) is 1. The van der Waals surface area contributed by atoms with E-state index in [4.69, 9.17) is 4.74 Å². The summed E-state index contributed by atoms with van der Waals surface area (Å²) in [5.41, 5.74) is -1.76. The number of ether oxygens (including phenoxy) is 1. The molecule has 1 aromatic carbocycles. The van der Waals surface area contributed by atoms with Crippen molar-refractivity contribution in [1.82, 2.24) is 18.8 Å². The molecule has 0 spiro atoms. The fraction of sp³-hybridized carbons (Fsp3) is 0.536. The maximum absolute atomic E-state index is 15.3. The molecule has 12 heteroatoms. The number of carbonyl (C=O) groups is 1. The molecule has 9 nitrogen and oxygen atoms in total. The van der Waals surface area contributed by atoms with Gasteiger partial charge in [0, 0.05) is 31.2 Å². The minimum atomic E-state index is -4.12. The van der Waals surface area contributed by atoms with Crippen LogP contribution in [0.2, 0.25) is 0 Å². The molecule has 3 unspecified atom stereocenters. The molecule has 1 amide bonds. The van der Waals surface area contributed by atoms with Crippen LogP contribution in [0.4, 0.5) is 19.4 Å². The van der Waals surface area contributed by atoms with Crippen LogP contribution in [0.15, 0.2) is 47.8 Å². The molecule has 0 bridgehead atoms. The Morgan fingerprint density at radius 1 is 1.12 bits per heavy atom. The van der Waals surface area contributed by atoms with Gasteiger partial charge in [0.1, 0.15) is 17.7 Å². The van der Waals surface area contributed by atoms with Crippen LogP contribution in [0.5, 0.6) is 0 Å². The second-order valence-corrected chi connectivity index (χ2v) is 13.8. The van der Waals surface area contributed by atoms with Gasteiger partial charge in [-0.05, 0) is 64.2 Å². The Morgan fingerprint density at radius 2 is 1.88 bits per heavy atom. The summed E-state index contributed by atoms with van der Waals surface area (Å²) in [6.45, 7) is 6.30. The molecule has 214 valence electrons. The molecular weight excluding hydrogens is 540 g/mol. The van der Waals surface area contributed by atoms with Crippen LogP contribution < -0.4 is 5.32 Å². The molecule has 2 aliphatic carbocycles. The first-order chi connectivity index (χ1) is 18.9. The summed E-state index contributed by atoms with van der Waals surface area (Å²) in [7, 11) is -4.12. The van der Waals surface area contributed by atoms with Crippen LogP contribution in [0.3, 0.4) is 0 Å². The van der Waals surface area contributed by atoms with E-state index in [-0.39, 0.29) is 28.6 Å². The van der Waals surface area contributed by atoms with E-state index >= 15 is 8.78 Å². The van der Waals surface area contributed by atoms with Gasteiger partial charge in [-0.2, -0.15) is 0 Å². The SMILES string of the molecule is CC(C)(C)OC(=O)N1CCCC(Nc2ncnc3c2c(C24CCCC2C4(F)F)cn3S(=O)(=O)c2ccccc2)C1. The van der Waals surface area contributed by atoms with Crippen molar-refractivity contribution >= 4 is 33.0 Å². The standard InChI is InChI=1S/C28H33F2N5O4S/c1-26(2,3)39-25(36)34-14-8-9-18(15-34)33-23-22-20(27-13-7-12-21(27)28(27,29)30)16-35(24(22)32-17-31-23)40(37,38)19-10-5-4-6-11-19/h4-6,10-11,16-18,21H,7-9,12-15H2,1-3H3,(H,31,32,33). The Kier molecular flexibility index (Phi) is 6.14. The van der Waals surface area contributed by atoms with Crippen LogP contribution in [0, 0.1) is 5.92 Å². The smallest absolute Gasteiger partial charge is 0.410 e. The van der Waals surface area contributed by atoms with Crippen molar-refractivity contribution in [2.45, 2.75) is 80.8 Å². The summed E-state index contributed by atoms with van der Waals surface area (Å²) in [5.74, 6) is -3.49. The van der Waals surface area contributed by atoms with Gasteiger partial charge in [-0.1, -0.05) is 24.6 Å². The summed E-state index contributed by atoms with van der Waals surface area (Å²) >= 11 is 0. The van der Waals surface area contributed by atoms with E-state index in [1.54, 1.807) is 43.9 Å². The zero-order valence-corrected chi connectivity index (χ0v) is 23.5. The van der Waals surface area contributed by atoms with E-state index in [0.29, 0.717) is 50.0 Å². The molecule has 1 N–H and O–H groups in total. The Bertz CT molecular complexity index is 1570. The summed E-state index contributed by atoms with van der Waals surface area (Å²) in [6.07, 6.45) is 4.88. The van der Waals surface area contributed by atoms with Gasteiger partial charge in [0.2, 0.25) is 0 Å². The van der Waals surface area contributed by atoms with E-state index < -0.39 is 39.0 Å². The number of halogens is 2. The number of piperidine rings is 1. The minimum Gasteiger partial charge on any atom is -0.444 e. The van der Waals surface area contributed by atoms with E-state index in [2.05, 4.69) is 15.3 Å². The number of carbonyl (C=O) groups excluding carboxylic acids is 1. The van der Waals surface area contributed by atoms with Gasteiger partial charge in [0.25, 0.3) is 15.9 Å². The summed E-state index contributed by atoms with van der Waals surface area (Å²) in [6, 6.07) is 7.63. The number of alkyl halides is 2. The Morgan fingerprint density at radius 3 is 2.55 bits per heavy atom. The number of nitrogens with one attached hydrogen (secondary N) is 1. The number of fused-ring (bicyclic) bond motifs is 2. The van der Waals surface area contributed by atoms with Crippen molar-refractivity contribution in [3.63, 3.8) is 0 Å². The van der Waals surface area contributed by atoms with Crippen molar-refractivity contribution in [2.24, 2.45) is 5.92 Å². The lowest BCUT2D eigenvalue weighted by atomic mass is 9.92. The van der Waals surface area contributed by atoms with Gasteiger partial charge in [-0.15, -0.1) is 0 Å². The third-order valence-electron chi connectivity index (χ3n) is 8.35. The highest BCUT2D eigenvalue weighted by Gasteiger charge is 2.82. The van der Waals surface area contributed by atoms with Crippen molar-refractivity contribution in [3.8, 4) is 0 Å². The van der Waals surface area contributed by atoms with E-state index in [9.17, 15) is 13.2 Å². The van der Waals surface area contributed by atoms with Gasteiger partial charge in [-0.3, -0.25) is 0 Å². The molecule has 2 aromatic heterocycles. The fourth-order valence-corrected chi connectivity index (χ4v) is 7.88. The van der Waals surface area contributed by atoms with Gasteiger partial charge >= 0.3 is 6.09 Å². The number of benzene rings is 1. The number of rotatable bonds is 5. The number of aromatic nitrogens is 3. The van der Waals surface area contributed by atoms with Gasteiger partial charge in [0.15, 0.2) is 5.65 Å². The third-order valence-corrected chi connectivity index (χ3v) is 10.0. The van der Waals surface area contributed by atoms with Crippen LogP contribution >= 0.6 is 0 Å². The lowest BCUT2D eigenvalue weighted by molar-refractivity contribution is 0.0206. The molecule has 6 rings (SSSR count). The molecule has 3 heterocycles. The molecule has 3 atom stereocenters. The normalized spacial score (nSPS) is 26.0. The van der Waals surface area contributed by atoms with Crippen LogP contribution in [-0.4, -0.2) is 64.0 Å². The summed E-state index contributed by atoms with van der Waals surface area (Å²) in [5, 5.41) is 3.64. The third kappa shape index (κ3) is 4.13. The largest absolute Gasteiger partial charge is 0.444 e. The highest BCUT2D eigenvalue weighted by atomic mass is 32.2. The zero-order valence-electron chi connectivity index (χ0n) is 22.7. The number of hydrogen-bond donors (Lipinski definition) is 1. The maximum Gasteiger partial charge on any atom is 0.410 e. The summed E-state index contributed by atoms with van der Waals surface area (Å²) in [4.78, 5) is 23.1. The van der Waals surface area contributed by atoms with E-state index in [1.165, 1.54) is 24.7 Å². The first-order valence-electron chi connectivity index (χ1n) is 13.7. The predicted molar refractivity (Wildman–Crippen MR) is 145 cm³/mol. The first kappa shape index (κ1) is 26.9. The van der Waals surface area contributed by atoms with Crippen LogP contribution in [0.1, 0.15) is 58.4 Å². The van der Waals surface area contributed by atoms with Gasteiger partial charge < -0.3 is 15.0 Å².